The lowest BCUT2D eigenvalue weighted by atomic mass is 10.0. The molecule has 4 rings (SSSR count). The van der Waals surface area contributed by atoms with Gasteiger partial charge < -0.3 is 10.2 Å². The fourth-order valence-corrected chi connectivity index (χ4v) is 4.53. The van der Waals surface area contributed by atoms with E-state index in [4.69, 9.17) is 0 Å². The molecule has 0 amide bonds. The van der Waals surface area contributed by atoms with Crippen molar-refractivity contribution >= 4 is 29.9 Å². The van der Waals surface area contributed by atoms with E-state index in [0.29, 0.717) is 5.92 Å². The van der Waals surface area contributed by atoms with E-state index >= 15 is 0 Å². The van der Waals surface area contributed by atoms with Gasteiger partial charge in [-0.15, -0.1) is 24.0 Å². The molecule has 2 fully saturated rings. The Morgan fingerprint density at radius 3 is 2.50 bits per heavy atom. The highest BCUT2D eigenvalue weighted by Crippen LogP contribution is 2.26. The number of benzene rings is 1. The fraction of sp³-hybridized carbons (Fsp3) is 0.565. The first kappa shape index (κ1) is 23.1. The van der Waals surface area contributed by atoms with Crippen molar-refractivity contribution in [1.29, 1.82) is 0 Å². The van der Waals surface area contributed by atoms with Gasteiger partial charge in [0.15, 0.2) is 5.96 Å². The summed E-state index contributed by atoms with van der Waals surface area (Å²) in [5, 5.41) is 7.87. The minimum atomic E-state index is 0. The Labute approximate surface area is 197 Å². The summed E-state index contributed by atoms with van der Waals surface area (Å²) in [6, 6.07) is 9.06. The van der Waals surface area contributed by atoms with Crippen LogP contribution in [-0.4, -0.2) is 58.8 Å². The zero-order valence-electron chi connectivity index (χ0n) is 18.3. The summed E-state index contributed by atoms with van der Waals surface area (Å²) in [6.07, 6.45) is 9.37. The number of nitrogens with zero attached hydrogens (tertiary/aromatic N) is 5. The molecule has 3 heterocycles. The van der Waals surface area contributed by atoms with Crippen molar-refractivity contribution in [2.45, 2.75) is 44.7 Å². The van der Waals surface area contributed by atoms with Crippen molar-refractivity contribution in [2.24, 2.45) is 12.0 Å². The summed E-state index contributed by atoms with van der Waals surface area (Å²) >= 11 is 0. The first-order valence-electron chi connectivity index (χ1n) is 11.0. The second kappa shape index (κ2) is 11.1. The lowest BCUT2D eigenvalue weighted by molar-refractivity contribution is 0.221. The van der Waals surface area contributed by atoms with Gasteiger partial charge in [-0.25, -0.2) is 0 Å². The maximum Gasteiger partial charge on any atom is 0.193 e. The van der Waals surface area contributed by atoms with Gasteiger partial charge in [0.25, 0.3) is 0 Å². The Bertz CT molecular complexity index is 809. The summed E-state index contributed by atoms with van der Waals surface area (Å²) in [6.45, 7) is 6.42. The number of aliphatic imine (C=N–C) groups is 1. The maximum absolute atomic E-state index is 4.52. The molecule has 1 aromatic heterocycles. The van der Waals surface area contributed by atoms with Gasteiger partial charge in [-0.3, -0.25) is 14.6 Å². The molecule has 164 valence electrons. The van der Waals surface area contributed by atoms with E-state index < -0.39 is 0 Å². The highest BCUT2D eigenvalue weighted by atomic mass is 127. The van der Waals surface area contributed by atoms with E-state index in [1.807, 2.05) is 25.0 Å². The van der Waals surface area contributed by atoms with Gasteiger partial charge in [0.2, 0.25) is 0 Å². The lowest BCUT2D eigenvalue weighted by Gasteiger charge is -2.26. The minimum Gasteiger partial charge on any atom is -0.352 e. The molecule has 30 heavy (non-hydrogen) atoms. The highest BCUT2D eigenvalue weighted by molar-refractivity contribution is 14.0. The van der Waals surface area contributed by atoms with Crippen molar-refractivity contribution in [3.05, 3.63) is 53.3 Å². The third-order valence-electron chi connectivity index (χ3n) is 6.22. The summed E-state index contributed by atoms with van der Waals surface area (Å²) < 4.78 is 1.89. The van der Waals surface area contributed by atoms with Crippen LogP contribution in [0.5, 0.6) is 0 Å². The Hall–Kier alpha value is -1.61. The molecule has 6 nitrogen and oxygen atoms in total. The van der Waals surface area contributed by atoms with Crippen molar-refractivity contribution in [1.82, 2.24) is 24.9 Å². The number of aryl methyl sites for hydroxylation is 1. The molecule has 0 radical (unpaired) electrons. The summed E-state index contributed by atoms with van der Waals surface area (Å²) in [5.74, 6) is 1.53. The molecular formula is C23H35IN6. The normalized spacial score (nSPS) is 20.3. The first-order valence-corrected chi connectivity index (χ1v) is 11.0. The molecule has 2 saturated heterocycles. The second-order valence-corrected chi connectivity index (χ2v) is 8.43. The number of piperidine rings is 1. The number of likely N-dealkylation sites (tertiary alicyclic amines) is 2. The van der Waals surface area contributed by atoms with Crippen LogP contribution in [0.15, 0.2) is 41.7 Å². The Morgan fingerprint density at radius 2 is 1.83 bits per heavy atom. The van der Waals surface area contributed by atoms with Gasteiger partial charge in [-0.2, -0.15) is 5.10 Å². The maximum atomic E-state index is 4.52. The second-order valence-electron chi connectivity index (χ2n) is 8.43. The lowest BCUT2D eigenvalue weighted by Crippen LogP contribution is -2.39. The fourth-order valence-electron chi connectivity index (χ4n) is 4.53. The highest BCUT2D eigenvalue weighted by Gasteiger charge is 2.26. The van der Waals surface area contributed by atoms with Gasteiger partial charge in [0.1, 0.15) is 0 Å². The zero-order chi connectivity index (χ0) is 20.1. The summed E-state index contributed by atoms with van der Waals surface area (Å²) in [4.78, 5) is 9.45. The summed E-state index contributed by atoms with van der Waals surface area (Å²) in [7, 11) is 3.86. The third-order valence-corrected chi connectivity index (χ3v) is 6.22. The van der Waals surface area contributed by atoms with Crippen LogP contribution in [-0.2, 0) is 20.1 Å². The Morgan fingerprint density at radius 1 is 1.10 bits per heavy atom. The largest absolute Gasteiger partial charge is 0.352 e. The number of rotatable bonds is 5. The van der Waals surface area contributed by atoms with Crippen LogP contribution in [0.25, 0.3) is 0 Å². The van der Waals surface area contributed by atoms with E-state index in [1.165, 1.54) is 49.0 Å². The number of hydrogen-bond acceptors (Lipinski definition) is 3. The first-order chi connectivity index (χ1) is 14.2. The minimum absolute atomic E-state index is 0. The number of guanidine groups is 1. The van der Waals surface area contributed by atoms with E-state index in [1.54, 1.807) is 0 Å². The van der Waals surface area contributed by atoms with Crippen molar-refractivity contribution < 1.29 is 0 Å². The van der Waals surface area contributed by atoms with Crippen LogP contribution < -0.4 is 5.32 Å². The molecule has 7 heteroatoms. The third kappa shape index (κ3) is 5.97. The molecule has 1 unspecified atom stereocenters. The van der Waals surface area contributed by atoms with Crippen LogP contribution >= 0.6 is 24.0 Å². The van der Waals surface area contributed by atoms with E-state index in [9.17, 15) is 0 Å². The Kier molecular flexibility index (Phi) is 8.56. The SMILES string of the molecule is CN=C(NCc1ccc(CN2CCCCC2)cc1)N1CCC(c2cnn(C)c2)C1.I. The monoisotopic (exact) mass is 522 g/mol. The Balaban J connectivity index is 0.00000256. The molecule has 0 spiro atoms. The smallest absolute Gasteiger partial charge is 0.193 e. The quantitative estimate of drug-likeness (QED) is 0.371. The van der Waals surface area contributed by atoms with Crippen LogP contribution in [0.4, 0.5) is 0 Å². The average Bonchev–Trinajstić information content (AvgIpc) is 3.40. The molecule has 2 aromatic rings. The van der Waals surface area contributed by atoms with E-state index in [0.717, 1.165) is 38.6 Å². The van der Waals surface area contributed by atoms with Crippen molar-refractivity contribution in [2.75, 3.05) is 33.2 Å². The predicted octanol–water partition coefficient (Wildman–Crippen LogP) is 3.59. The standard InChI is InChI=1S/C23H34N6.HI/c1-24-23(29-13-10-21(18-29)22-15-26-27(2)17-22)25-14-19-6-8-20(9-7-19)16-28-11-4-3-5-12-28;/h6-9,15,17,21H,3-5,10-14,16,18H2,1-2H3,(H,24,25);1H. The number of hydrogen-bond donors (Lipinski definition) is 1. The molecular weight excluding hydrogens is 487 g/mol. The van der Waals surface area contributed by atoms with Crippen LogP contribution in [0.3, 0.4) is 0 Å². The molecule has 2 aliphatic rings. The molecule has 0 bridgehead atoms. The van der Waals surface area contributed by atoms with Crippen LogP contribution in [0, 0.1) is 0 Å². The van der Waals surface area contributed by atoms with E-state index in [-0.39, 0.29) is 24.0 Å². The van der Waals surface area contributed by atoms with Crippen molar-refractivity contribution in [3.8, 4) is 0 Å². The van der Waals surface area contributed by atoms with Gasteiger partial charge in [0.05, 0.1) is 6.20 Å². The zero-order valence-corrected chi connectivity index (χ0v) is 20.6. The van der Waals surface area contributed by atoms with Gasteiger partial charge in [-0.05, 0) is 49.0 Å². The molecule has 1 aromatic carbocycles. The van der Waals surface area contributed by atoms with Crippen LogP contribution in [0.2, 0.25) is 0 Å². The summed E-state index contributed by atoms with van der Waals surface area (Å²) in [5.41, 5.74) is 4.05. The van der Waals surface area contributed by atoms with Gasteiger partial charge >= 0.3 is 0 Å². The van der Waals surface area contributed by atoms with E-state index in [2.05, 4.69) is 55.7 Å². The van der Waals surface area contributed by atoms with Crippen molar-refractivity contribution in [3.63, 3.8) is 0 Å². The van der Waals surface area contributed by atoms with Crippen LogP contribution in [0.1, 0.15) is 48.3 Å². The number of nitrogens with one attached hydrogen (secondary N) is 1. The van der Waals surface area contributed by atoms with Gasteiger partial charge in [-0.1, -0.05) is 30.7 Å². The molecule has 2 aliphatic heterocycles. The predicted molar refractivity (Wildman–Crippen MR) is 133 cm³/mol. The molecule has 1 atom stereocenters. The molecule has 0 saturated carbocycles. The topological polar surface area (TPSA) is 48.7 Å². The number of aromatic nitrogens is 2. The number of halogens is 1. The molecule has 1 N–H and O–H groups in total. The molecule has 0 aliphatic carbocycles. The van der Waals surface area contributed by atoms with Gasteiger partial charge in [0, 0.05) is 52.4 Å². The average molecular weight is 522 g/mol.